The van der Waals surface area contributed by atoms with Crippen LogP contribution in [0.25, 0.3) is 0 Å². The van der Waals surface area contributed by atoms with Crippen LogP contribution in [0.2, 0.25) is 5.15 Å². The van der Waals surface area contributed by atoms with Gasteiger partial charge in [0.2, 0.25) is 0 Å². The lowest BCUT2D eigenvalue weighted by molar-refractivity contribution is -0.124. The van der Waals surface area contributed by atoms with Crippen molar-refractivity contribution >= 4 is 23.5 Å². The number of ether oxygens (including phenoxy) is 1. The number of carbonyl (C=O) groups excluding carboxylic acids is 2. The molecule has 120 valence electrons. The first-order chi connectivity index (χ1) is 11.2. The highest BCUT2D eigenvalue weighted by Crippen LogP contribution is 2.12. The van der Waals surface area contributed by atoms with Crippen molar-refractivity contribution in [2.45, 2.75) is 12.8 Å². The molecule has 0 atom stereocenters. The monoisotopic (exact) mass is 332 g/mol. The third kappa shape index (κ3) is 5.71. The molecule has 23 heavy (non-hydrogen) atoms. The molecule has 0 radical (unpaired) electrons. The first-order valence-electron chi connectivity index (χ1n) is 7.25. The number of rotatable bonds is 7. The fourth-order valence-corrected chi connectivity index (χ4v) is 2.16. The largest absolute Gasteiger partial charge is 0.452 e. The molecule has 0 aliphatic heterocycles. The Morgan fingerprint density at radius 1 is 1.13 bits per heavy atom. The second-order valence-electron chi connectivity index (χ2n) is 4.86. The van der Waals surface area contributed by atoms with Crippen LogP contribution in [0.3, 0.4) is 0 Å². The lowest BCUT2D eigenvalue weighted by Crippen LogP contribution is -2.29. The van der Waals surface area contributed by atoms with Gasteiger partial charge in [-0.3, -0.25) is 4.79 Å². The standard InChI is InChI=1S/C17H17ClN2O3/c18-16-14(9-5-11-20-16)17(22)23-12-15(21)19-10-4-8-13-6-2-1-3-7-13/h1-3,5-7,9,11H,4,8,10,12H2,(H,19,21). The second-order valence-corrected chi connectivity index (χ2v) is 5.22. The molecule has 0 unspecified atom stereocenters. The zero-order valence-electron chi connectivity index (χ0n) is 12.5. The zero-order chi connectivity index (χ0) is 16.5. The van der Waals surface area contributed by atoms with Crippen molar-refractivity contribution in [1.82, 2.24) is 10.3 Å². The molecule has 0 aliphatic carbocycles. The van der Waals surface area contributed by atoms with E-state index in [2.05, 4.69) is 10.3 Å². The molecule has 0 aliphatic rings. The minimum Gasteiger partial charge on any atom is -0.452 e. The molecular formula is C17H17ClN2O3. The summed E-state index contributed by atoms with van der Waals surface area (Å²) in [7, 11) is 0. The smallest absolute Gasteiger partial charge is 0.341 e. The van der Waals surface area contributed by atoms with Gasteiger partial charge in [0.15, 0.2) is 6.61 Å². The number of pyridine rings is 1. The van der Waals surface area contributed by atoms with Gasteiger partial charge in [-0.05, 0) is 30.5 Å². The van der Waals surface area contributed by atoms with Crippen LogP contribution in [-0.2, 0) is 16.0 Å². The van der Waals surface area contributed by atoms with Crippen molar-refractivity contribution in [3.63, 3.8) is 0 Å². The van der Waals surface area contributed by atoms with Crippen LogP contribution in [-0.4, -0.2) is 30.0 Å². The molecule has 1 N–H and O–H groups in total. The molecule has 0 bridgehead atoms. The summed E-state index contributed by atoms with van der Waals surface area (Å²) < 4.78 is 4.91. The summed E-state index contributed by atoms with van der Waals surface area (Å²) in [5.41, 5.74) is 1.37. The molecule has 0 saturated carbocycles. The average molecular weight is 333 g/mol. The number of amides is 1. The molecule has 1 amide bonds. The molecule has 0 saturated heterocycles. The van der Waals surface area contributed by atoms with Gasteiger partial charge in [0.1, 0.15) is 5.15 Å². The van der Waals surface area contributed by atoms with Crippen LogP contribution in [0.1, 0.15) is 22.3 Å². The van der Waals surface area contributed by atoms with E-state index in [1.807, 2.05) is 30.3 Å². The number of halogens is 1. The Bertz CT molecular complexity index is 662. The summed E-state index contributed by atoms with van der Waals surface area (Å²) in [6, 6.07) is 13.1. The third-order valence-electron chi connectivity index (χ3n) is 3.12. The Morgan fingerprint density at radius 3 is 2.65 bits per heavy atom. The second kappa shape index (κ2) is 8.90. The third-order valence-corrected chi connectivity index (χ3v) is 3.42. The number of aryl methyl sites for hydroxylation is 1. The molecule has 1 heterocycles. The Labute approximate surface area is 139 Å². The van der Waals surface area contributed by atoms with Gasteiger partial charge in [-0.25, -0.2) is 9.78 Å². The van der Waals surface area contributed by atoms with Crippen LogP contribution in [0, 0.1) is 0 Å². The van der Waals surface area contributed by atoms with E-state index in [9.17, 15) is 9.59 Å². The molecule has 2 aromatic rings. The fourth-order valence-electron chi connectivity index (χ4n) is 1.96. The maximum atomic E-state index is 11.8. The van der Waals surface area contributed by atoms with Gasteiger partial charge in [-0.2, -0.15) is 0 Å². The van der Waals surface area contributed by atoms with Crippen molar-refractivity contribution in [2.24, 2.45) is 0 Å². The normalized spacial score (nSPS) is 10.1. The fraction of sp³-hybridized carbons (Fsp3) is 0.235. The van der Waals surface area contributed by atoms with E-state index in [1.54, 1.807) is 6.07 Å². The first-order valence-corrected chi connectivity index (χ1v) is 7.63. The molecule has 2 rings (SSSR count). The van der Waals surface area contributed by atoms with Crippen molar-refractivity contribution in [1.29, 1.82) is 0 Å². The molecule has 0 fully saturated rings. The van der Waals surface area contributed by atoms with Crippen LogP contribution < -0.4 is 5.32 Å². The summed E-state index contributed by atoms with van der Waals surface area (Å²) in [6.07, 6.45) is 3.17. The van der Waals surface area contributed by atoms with Crippen molar-refractivity contribution in [2.75, 3.05) is 13.2 Å². The molecule has 1 aromatic carbocycles. The number of nitrogens with zero attached hydrogens (tertiary/aromatic N) is 1. The topological polar surface area (TPSA) is 68.3 Å². The molecule has 0 spiro atoms. The van der Waals surface area contributed by atoms with Crippen LogP contribution in [0.4, 0.5) is 0 Å². The number of esters is 1. The number of benzene rings is 1. The maximum Gasteiger partial charge on any atom is 0.341 e. The van der Waals surface area contributed by atoms with Crippen LogP contribution in [0.15, 0.2) is 48.7 Å². The number of hydrogen-bond acceptors (Lipinski definition) is 4. The first kappa shape index (κ1) is 17.0. The van der Waals surface area contributed by atoms with E-state index in [-0.39, 0.29) is 23.2 Å². The summed E-state index contributed by atoms with van der Waals surface area (Å²) in [4.78, 5) is 27.2. The van der Waals surface area contributed by atoms with Crippen LogP contribution >= 0.6 is 11.6 Å². The van der Waals surface area contributed by atoms with E-state index in [1.165, 1.54) is 17.8 Å². The van der Waals surface area contributed by atoms with E-state index in [0.29, 0.717) is 6.54 Å². The van der Waals surface area contributed by atoms with Gasteiger partial charge in [-0.1, -0.05) is 41.9 Å². The lowest BCUT2D eigenvalue weighted by atomic mass is 10.1. The Hall–Kier alpha value is -2.40. The number of hydrogen-bond donors (Lipinski definition) is 1. The SMILES string of the molecule is O=C(COC(=O)c1cccnc1Cl)NCCCc1ccccc1. The van der Waals surface area contributed by atoms with Crippen molar-refractivity contribution in [3.8, 4) is 0 Å². The highest BCUT2D eigenvalue weighted by atomic mass is 35.5. The number of aromatic nitrogens is 1. The average Bonchev–Trinajstić information content (AvgIpc) is 2.58. The summed E-state index contributed by atoms with van der Waals surface area (Å²) in [6.45, 7) is 0.189. The Balaban J connectivity index is 1.65. The van der Waals surface area contributed by atoms with Gasteiger partial charge < -0.3 is 10.1 Å². The quantitative estimate of drug-likeness (QED) is 0.481. The zero-order valence-corrected chi connectivity index (χ0v) is 13.3. The Morgan fingerprint density at radius 2 is 1.91 bits per heavy atom. The van der Waals surface area contributed by atoms with E-state index in [0.717, 1.165) is 12.8 Å². The predicted octanol–water partition coefficient (Wildman–Crippen LogP) is 2.64. The molecule has 5 nitrogen and oxygen atoms in total. The molecular weight excluding hydrogens is 316 g/mol. The van der Waals surface area contributed by atoms with Crippen molar-refractivity contribution in [3.05, 3.63) is 64.9 Å². The minimum atomic E-state index is -0.664. The number of nitrogens with one attached hydrogen (secondary N) is 1. The highest BCUT2D eigenvalue weighted by Gasteiger charge is 2.13. The summed E-state index contributed by atoms with van der Waals surface area (Å²) in [5.74, 6) is -1.01. The predicted molar refractivity (Wildman–Crippen MR) is 87.3 cm³/mol. The van der Waals surface area contributed by atoms with E-state index in [4.69, 9.17) is 16.3 Å². The minimum absolute atomic E-state index is 0.0563. The molecule has 1 aromatic heterocycles. The van der Waals surface area contributed by atoms with Crippen molar-refractivity contribution < 1.29 is 14.3 Å². The van der Waals surface area contributed by atoms with Gasteiger partial charge in [0.05, 0.1) is 5.56 Å². The highest BCUT2D eigenvalue weighted by molar-refractivity contribution is 6.32. The van der Waals surface area contributed by atoms with Crippen LogP contribution in [0.5, 0.6) is 0 Å². The van der Waals surface area contributed by atoms with Gasteiger partial charge in [0.25, 0.3) is 5.91 Å². The van der Waals surface area contributed by atoms with Gasteiger partial charge in [0, 0.05) is 12.7 Å². The summed E-state index contributed by atoms with van der Waals surface area (Å²) >= 11 is 5.78. The Kier molecular flexibility index (Phi) is 6.56. The van der Waals surface area contributed by atoms with E-state index >= 15 is 0 Å². The van der Waals surface area contributed by atoms with E-state index < -0.39 is 5.97 Å². The van der Waals surface area contributed by atoms with Gasteiger partial charge in [-0.15, -0.1) is 0 Å². The van der Waals surface area contributed by atoms with Gasteiger partial charge >= 0.3 is 5.97 Å². The maximum absolute atomic E-state index is 11.8. The molecule has 6 heteroatoms. The summed E-state index contributed by atoms with van der Waals surface area (Å²) in [5, 5.41) is 2.77. The number of carbonyl (C=O) groups is 2. The lowest BCUT2D eigenvalue weighted by Gasteiger charge is -2.07.